The molecular weight excluding hydrogens is 349 g/mol. The summed E-state index contributed by atoms with van der Waals surface area (Å²) in [5.41, 5.74) is 0.413. The average molecular weight is 373 g/mol. The topological polar surface area (TPSA) is 65.8 Å². The maximum atomic E-state index is 13.8. The highest BCUT2D eigenvalue weighted by atomic mass is 19.1. The van der Waals surface area contributed by atoms with Gasteiger partial charge in [-0.15, -0.1) is 0 Å². The van der Waals surface area contributed by atoms with Crippen LogP contribution in [0.4, 0.5) is 9.18 Å². The molecular formula is C20H24FN3O3. The number of rotatable bonds is 5. The summed E-state index contributed by atoms with van der Waals surface area (Å²) in [6.07, 6.45) is 0.787. The molecule has 1 fully saturated rings. The maximum absolute atomic E-state index is 13.8. The molecule has 1 saturated heterocycles. The van der Waals surface area contributed by atoms with Crippen molar-refractivity contribution in [3.63, 3.8) is 0 Å². The van der Waals surface area contributed by atoms with Crippen LogP contribution < -0.4 is 5.32 Å². The average Bonchev–Trinajstić information content (AvgIpc) is 3.15. The van der Waals surface area contributed by atoms with Crippen molar-refractivity contribution in [3.05, 3.63) is 48.0 Å². The van der Waals surface area contributed by atoms with Crippen molar-refractivity contribution in [3.8, 4) is 11.3 Å². The lowest BCUT2D eigenvalue weighted by Crippen LogP contribution is -2.53. The van der Waals surface area contributed by atoms with Crippen molar-refractivity contribution in [2.45, 2.75) is 19.8 Å². The van der Waals surface area contributed by atoms with E-state index in [0.717, 1.165) is 0 Å². The van der Waals surface area contributed by atoms with E-state index in [1.807, 2.05) is 6.92 Å². The summed E-state index contributed by atoms with van der Waals surface area (Å²) in [7, 11) is 0. The first-order chi connectivity index (χ1) is 13.1. The van der Waals surface area contributed by atoms with Gasteiger partial charge in [0.25, 0.3) is 0 Å². The monoisotopic (exact) mass is 373 g/mol. The van der Waals surface area contributed by atoms with Crippen LogP contribution in [0.2, 0.25) is 0 Å². The second-order valence-corrected chi connectivity index (χ2v) is 6.45. The van der Waals surface area contributed by atoms with Gasteiger partial charge in [-0.25, -0.2) is 9.18 Å². The quantitative estimate of drug-likeness (QED) is 0.876. The first-order valence-electron chi connectivity index (χ1n) is 9.22. The van der Waals surface area contributed by atoms with Crippen molar-refractivity contribution in [1.82, 2.24) is 15.1 Å². The van der Waals surface area contributed by atoms with Gasteiger partial charge in [0.05, 0.1) is 5.56 Å². The number of halogens is 1. The highest BCUT2D eigenvalue weighted by Gasteiger charge is 2.23. The Balaban J connectivity index is 1.49. The fraction of sp³-hybridized carbons (Fsp3) is 0.400. The molecule has 0 unspecified atom stereocenters. The number of hydrogen-bond donors (Lipinski definition) is 1. The van der Waals surface area contributed by atoms with Crippen molar-refractivity contribution < 1.29 is 18.4 Å². The molecule has 1 aromatic heterocycles. The molecule has 0 aliphatic carbocycles. The van der Waals surface area contributed by atoms with Gasteiger partial charge in [0.1, 0.15) is 17.3 Å². The first-order valence-corrected chi connectivity index (χ1v) is 9.22. The van der Waals surface area contributed by atoms with Gasteiger partial charge in [0.15, 0.2) is 0 Å². The van der Waals surface area contributed by atoms with Crippen molar-refractivity contribution >= 4 is 11.9 Å². The molecule has 1 aliphatic heterocycles. The van der Waals surface area contributed by atoms with Crippen LogP contribution >= 0.6 is 0 Å². The molecule has 3 rings (SSSR count). The van der Waals surface area contributed by atoms with Crippen LogP contribution in [-0.2, 0) is 11.2 Å². The summed E-state index contributed by atoms with van der Waals surface area (Å²) in [5, 5.41) is 2.77. The van der Waals surface area contributed by atoms with E-state index in [4.69, 9.17) is 4.42 Å². The zero-order valence-corrected chi connectivity index (χ0v) is 15.4. The molecule has 0 radical (unpaired) electrons. The Bertz CT molecular complexity index is 797. The number of piperazine rings is 1. The molecule has 144 valence electrons. The zero-order valence-electron chi connectivity index (χ0n) is 15.4. The normalized spacial score (nSPS) is 14.3. The van der Waals surface area contributed by atoms with Crippen LogP contribution in [0.25, 0.3) is 11.3 Å². The highest BCUT2D eigenvalue weighted by molar-refractivity contribution is 5.78. The summed E-state index contributed by atoms with van der Waals surface area (Å²) in [4.78, 5) is 27.7. The van der Waals surface area contributed by atoms with E-state index in [1.165, 1.54) is 6.07 Å². The second-order valence-electron chi connectivity index (χ2n) is 6.45. The van der Waals surface area contributed by atoms with E-state index in [1.54, 1.807) is 40.1 Å². The van der Waals surface area contributed by atoms with E-state index in [0.29, 0.717) is 62.6 Å². The number of aryl methyl sites for hydroxylation is 1. The standard InChI is InChI=1S/C20H24FN3O3/c1-2-22-20(26)24-13-11-23(12-14-24)19(25)10-8-15-7-9-18(27-15)16-5-3-4-6-17(16)21/h3-7,9H,2,8,10-14H2,1H3,(H,22,26). The largest absolute Gasteiger partial charge is 0.461 e. The van der Waals surface area contributed by atoms with Gasteiger partial charge in [-0.2, -0.15) is 0 Å². The minimum absolute atomic E-state index is 0.0365. The van der Waals surface area contributed by atoms with Gasteiger partial charge in [-0.05, 0) is 31.2 Å². The van der Waals surface area contributed by atoms with Gasteiger partial charge in [0, 0.05) is 45.6 Å². The SMILES string of the molecule is CCNC(=O)N1CCN(C(=O)CCc2ccc(-c3ccccc3F)o2)CC1. The summed E-state index contributed by atoms with van der Waals surface area (Å²) in [5.74, 6) is 0.822. The Hall–Kier alpha value is -2.83. The zero-order chi connectivity index (χ0) is 19.2. The summed E-state index contributed by atoms with van der Waals surface area (Å²) >= 11 is 0. The smallest absolute Gasteiger partial charge is 0.317 e. The molecule has 0 bridgehead atoms. The predicted molar refractivity (Wildman–Crippen MR) is 99.6 cm³/mol. The Morgan fingerprint density at radius 3 is 2.48 bits per heavy atom. The third-order valence-corrected chi connectivity index (χ3v) is 4.63. The molecule has 27 heavy (non-hydrogen) atoms. The Morgan fingerprint density at radius 2 is 1.78 bits per heavy atom. The predicted octanol–water partition coefficient (Wildman–Crippen LogP) is 2.89. The van der Waals surface area contributed by atoms with Crippen LogP contribution in [0, 0.1) is 5.82 Å². The number of nitrogens with one attached hydrogen (secondary N) is 1. The van der Waals surface area contributed by atoms with E-state index in [9.17, 15) is 14.0 Å². The number of nitrogens with zero attached hydrogens (tertiary/aromatic N) is 2. The van der Waals surface area contributed by atoms with Crippen LogP contribution in [0.15, 0.2) is 40.8 Å². The minimum atomic E-state index is -0.334. The van der Waals surface area contributed by atoms with Gasteiger partial charge in [0.2, 0.25) is 5.91 Å². The lowest BCUT2D eigenvalue weighted by molar-refractivity contribution is -0.132. The third-order valence-electron chi connectivity index (χ3n) is 4.63. The molecule has 7 heteroatoms. The Labute approximate surface area is 157 Å². The first kappa shape index (κ1) is 18.9. The molecule has 6 nitrogen and oxygen atoms in total. The van der Waals surface area contributed by atoms with E-state index < -0.39 is 0 Å². The fourth-order valence-corrected chi connectivity index (χ4v) is 3.13. The number of amides is 3. The van der Waals surface area contributed by atoms with Crippen molar-refractivity contribution in [1.29, 1.82) is 0 Å². The molecule has 2 aromatic rings. The molecule has 1 N–H and O–H groups in total. The van der Waals surface area contributed by atoms with Crippen molar-refractivity contribution in [2.75, 3.05) is 32.7 Å². The Morgan fingerprint density at radius 1 is 1.07 bits per heavy atom. The second kappa shape index (κ2) is 8.70. The molecule has 0 saturated carbocycles. The van der Waals surface area contributed by atoms with Crippen LogP contribution in [0.5, 0.6) is 0 Å². The molecule has 2 heterocycles. The van der Waals surface area contributed by atoms with E-state index >= 15 is 0 Å². The lowest BCUT2D eigenvalue weighted by atomic mass is 10.1. The summed E-state index contributed by atoms with van der Waals surface area (Å²) < 4.78 is 19.5. The fourth-order valence-electron chi connectivity index (χ4n) is 3.13. The van der Waals surface area contributed by atoms with Gasteiger partial charge < -0.3 is 19.5 Å². The molecule has 3 amide bonds. The number of furan rings is 1. The number of urea groups is 1. The maximum Gasteiger partial charge on any atom is 0.317 e. The summed E-state index contributed by atoms with van der Waals surface area (Å²) in [6, 6.07) is 9.86. The van der Waals surface area contributed by atoms with Crippen LogP contribution in [-0.4, -0.2) is 54.5 Å². The lowest BCUT2D eigenvalue weighted by Gasteiger charge is -2.34. The highest BCUT2D eigenvalue weighted by Crippen LogP contribution is 2.25. The van der Waals surface area contributed by atoms with Gasteiger partial charge in [-0.3, -0.25) is 4.79 Å². The molecule has 0 spiro atoms. The number of benzene rings is 1. The number of carbonyl (C=O) groups excluding carboxylic acids is 2. The van der Waals surface area contributed by atoms with E-state index in [2.05, 4.69) is 5.32 Å². The molecule has 1 aliphatic rings. The van der Waals surface area contributed by atoms with Crippen molar-refractivity contribution in [2.24, 2.45) is 0 Å². The minimum Gasteiger partial charge on any atom is -0.461 e. The molecule has 0 atom stereocenters. The van der Waals surface area contributed by atoms with Crippen LogP contribution in [0.1, 0.15) is 19.1 Å². The van der Waals surface area contributed by atoms with Gasteiger partial charge in [-0.1, -0.05) is 12.1 Å². The number of carbonyl (C=O) groups is 2. The molecule has 1 aromatic carbocycles. The van der Waals surface area contributed by atoms with Crippen LogP contribution in [0.3, 0.4) is 0 Å². The third kappa shape index (κ3) is 4.67. The summed E-state index contributed by atoms with van der Waals surface area (Å²) in [6.45, 7) is 4.62. The van der Waals surface area contributed by atoms with Gasteiger partial charge >= 0.3 is 6.03 Å². The Kier molecular flexibility index (Phi) is 6.11. The number of hydrogen-bond acceptors (Lipinski definition) is 3. The van der Waals surface area contributed by atoms with E-state index in [-0.39, 0.29) is 17.8 Å².